The van der Waals surface area contributed by atoms with Gasteiger partial charge >= 0.3 is 5.97 Å². The van der Waals surface area contributed by atoms with Gasteiger partial charge in [0, 0.05) is 41.2 Å². The fourth-order valence-electron chi connectivity index (χ4n) is 9.58. The van der Waals surface area contributed by atoms with Crippen LogP contribution >= 0.6 is 0 Å². The summed E-state index contributed by atoms with van der Waals surface area (Å²) in [7, 11) is 8.74. The zero-order valence-electron chi connectivity index (χ0n) is 55.5. The minimum absolute atomic E-state index is 0.00939. The molecule has 30 nitrogen and oxygen atoms in total. The van der Waals surface area contributed by atoms with Crippen molar-refractivity contribution in [2.24, 2.45) is 34.4 Å². The Hall–Kier alpha value is -7.99. The van der Waals surface area contributed by atoms with E-state index in [1.54, 1.807) is 100 Å². The number of aliphatic hydroxyl groups is 2. The highest BCUT2D eigenvalue weighted by Gasteiger charge is 2.41. The summed E-state index contributed by atoms with van der Waals surface area (Å²) in [5, 5.41) is 49.5. The van der Waals surface area contributed by atoms with E-state index in [1.165, 1.54) is 13.8 Å². The lowest BCUT2D eigenvalue weighted by Gasteiger charge is -2.31. The Morgan fingerprint density at radius 2 is 1.07 bits per heavy atom. The first-order valence-electron chi connectivity index (χ1n) is 31.2. The number of aliphatic imine (C=N–C) groups is 1. The van der Waals surface area contributed by atoms with Gasteiger partial charge in [-0.05, 0) is 69.4 Å². The lowest BCUT2D eigenvalue weighted by atomic mass is 9.94. The van der Waals surface area contributed by atoms with Crippen molar-refractivity contribution in [3.8, 4) is 0 Å². The summed E-state index contributed by atoms with van der Waals surface area (Å²) >= 11 is 0. The summed E-state index contributed by atoms with van der Waals surface area (Å²) in [6.07, 6.45) is -0.743. The van der Waals surface area contributed by atoms with Gasteiger partial charge in [-0.2, -0.15) is 0 Å². The van der Waals surface area contributed by atoms with Gasteiger partial charge < -0.3 is 89.0 Å². The van der Waals surface area contributed by atoms with Crippen molar-refractivity contribution in [3.05, 3.63) is 35.9 Å². The van der Waals surface area contributed by atoms with Crippen LogP contribution in [0.4, 0.5) is 0 Å². The van der Waals surface area contributed by atoms with Gasteiger partial charge in [-0.15, -0.1) is 0 Å². The molecule has 1 aliphatic rings. The second-order valence-electron chi connectivity index (χ2n) is 23.8. The standard InChI is InChI=1S/C61H103N15O15/c1-16-32(5)45(71-53(83)41(63-11)29-38-23-21-20-22-24-38)56(86)68-42(30-77)54(84)67-39(25-26-44(62)79)51(81)70-47(34(7)18-3)58(88)72-46(33(6)17-2)57(87)69-43(31-78)55(85)74-49-37(10)91-60(90)48(35(8)19-4)73-52(82)40(66-50(80)36(9)65-59(49)89)27-28-64-61(75(12)13)76(14)15/h20-24,32-37,39-43,45-49,63,77-78H,16-19,25-31H2,1-15H3,(H2,62,79)(H,65,89)(H,66,80)(H,67,84)(H,68,86)(H,69,87)(H,70,81)(H,71,83)(H,72,88)(H,73,82)(H,74,85)/t32-,33-,34-,35-,36-,37-,39+,40-,41+,42-,43-,45-,46-,47+,48-,49+/m0/s1. The quantitative estimate of drug-likeness (QED) is 0.0189. The number of nitrogens with zero attached hydrogens (tertiary/aromatic N) is 3. The van der Waals surface area contributed by atoms with Crippen molar-refractivity contribution in [1.82, 2.24) is 68.3 Å². The third kappa shape index (κ3) is 25.0. The number of nitrogens with two attached hydrogens (primary N) is 1. The molecular weight excluding hydrogens is 1180 g/mol. The number of cyclic esters (lactones) is 1. The summed E-state index contributed by atoms with van der Waals surface area (Å²) in [6.45, 7) is 14.2. The van der Waals surface area contributed by atoms with Crippen molar-refractivity contribution in [1.29, 1.82) is 0 Å². The first kappa shape index (κ1) is 79.1. The number of amides is 11. The number of carbonyl (C=O) groups excluding carboxylic acids is 12. The van der Waals surface area contributed by atoms with Crippen molar-refractivity contribution in [3.63, 3.8) is 0 Å². The molecule has 0 radical (unpaired) electrons. The number of rotatable bonds is 33. The molecule has 0 bridgehead atoms. The van der Waals surface area contributed by atoms with Crippen LogP contribution in [0.2, 0.25) is 0 Å². The second-order valence-corrected chi connectivity index (χ2v) is 23.8. The first-order chi connectivity index (χ1) is 42.8. The van der Waals surface area contributed by atoms with E-state index >= 15 is 0 Å². The molecule has 1 aliphatic heterocycles. The Morgan fingerprint density at radius 3 is 1.53 bits per heavy atom. The van der Waals surface area contributed by atoms with Crippen LogP contribution in [0.5, 0.6) is 0 Å². The maximum absolute atomic E-state index is 14.4. The lowest BCUT2D eigenvalue weighted by Crippen LogP contribution is -2.63. The molecular formula is C61H103N15O15. The van der Waals surface area contributed by atoms with Crippen LogP contribution in [-0.2, 0) is 68.7 Å². The van der Waals surface area contributed by atoms with E-state index in [1.807, 2.05) is 30.3 Å². The zero-order valence-corrected chi connectivity index (χ0v) is 55.5. The summed E-state index contributed by atoms with van der Waals surface area (Å²) < 4.78 is 5.76. The summed E-state index contributed by atoms with van der Waals surface area (Å²) in [4.78, 5) is 174. The highest BCUT2D eigenvalue weighted by molar-refractivity contribution is 5.99. The van der Waals surface area contributed by atoms with Crippen molar-refractivity contribution in [2.45, 2.75) is 193 Å². The number of hydrogen-bond acceptors (Lipinski definition) is 17. The molecule has 0 saturated carbocycles. The number of likely N-dealkylation sites (N-methyl/N-ethyl adjacent to an activating group) is 1. The first-order valence-corrected chi connectivity index (χ1v) is 31.2. The molecule has 15 N–H and O–H groups in total. The molecule has 16 atom stereocenters. The summed E-state index contributed by atoms with van der Waals surface area (Å²) in [5.41, 5.74) is 6.32. The predicted molar refractivity (Wildman–Crippen MR) is 338 cm³/mol. The molecule has 1 aromatic rings. The molecule has 11 amide bonds. The predicted octanol–water partition coefficient (Wildman–Crippen LogP) is -3.07. The monoisotopic (exact) mass is 1290 g/mol. The smallest absolute Gasteiger partial charge is 0.329 e. The third-order valence-electron chi connectivity index (χ3n) is 16.2. The van der Waals surface area contributed by atoms with Gasteiger partial charge in [0.1, 0.15) is 66.5 Å². The van der Waals surface area contributed by atoms with Gasteiger partial charge in [0.2, 0.25) is 65.0 Å². The average Bonchev–Trinajstić information content (AvgIpc) is 3.30. The van der Waals surface area contributed by atoms with E-state index in [0.717, 1.165) is 5.56 Å². The topological polar surface area (TPSA) is 432 Å². The number of nitrogens with one attached hydrogen (secondary N) is 11. The molecule has 0 unspecified atom stereocenters. The van der Waals surface area contributed by atoms with Gasteiger partial charge in [0.15, 0.2) is 5.96 Å². The molecule has 2 rings (SSSR count). The van der Waals surface area contributed by atoms with Crippen LogP contribution in [0.3, 0.4) is 0 Å². The lowest BCUT2D eigenvalue weighted by molar-refractivity contribution is -0.157. The van der Waals surface area contributed by atoms with E-state index in [-0.39, 0.29) is 25.8 Å². The number of benzene rings is 1. The largest absolute Gasteiger partial charge is 0.458 e. The van der Waals surface area contributed by atoms with Gasteiger partial charge in [0.05, 0.1) is 19.3 Å². The van der Waals surface area contributed by atoms with Gasteiger partial charge in [-0.1, -0.05) is 111 Å². The summed E-state index contributed by atoms with van der Waals surface area (Å²) in [6, 6.07) is -6.36. The van der Waals surface area contributed by atoms with E-state index in [9.17, 15) is 67.7 Å². The number of ether oxygens (including phenoxy) is 1. The maximum Gasteiger partial charge on any atom is 0.329 e. The van der Waals surface area contributed by atoms with Crippen molar-refractivity contribution in [2.75, 3.05) is 55.0 Å². The van der Waals surface area contributed by atoms with Crippen molar-refractivity contribution >= 4 is 76.9 Å². The molecule has 512 valence electrons. The fraction of sp³-hybridized carbons (Fsp3) is 0.689. The van der Waals surface area contributed by atoms with Crippen molar-refractivity contribution < 1.29 is 72.5 Å². The van der Waals surface area contributed by atoms with Crippen LogP contribution in [0.1, 0.15) is 120 Å². The van der Waals surface area contributed by atoms with Crippen LogP contribution in [0, 0.1) is 23.7 Å². The Kier molecular flexibility index (Phi) is 34.2. The Labute approximate surface area is 534 Å². The number of hydrogen-bond donors (Lipinski definition) is 14. The number of esters is 1. The minimum Gasteiger partial charge on any atom is -0.458 e. The molecule has 0 spiro atoms. The normalized spacial score (nSPS) is 20.7. The Balaban J connectivity index is 2.42. The highest BCUT2D eigenvalue weighted by atomic mass is 16.5. The molecule has 0 aliphatic carbocycles. The molecule has 0 aromatic heterocycles. The Bertz CT molecular complexity index is 2640. The van der Waals surface area contributed by atoms with Crippen LogP contribution in [-0.4, -0.2) is 224 Å². The summed E-state index contributed by atoms with van der Waals surface area (Å²) in [5.74, 6) is -12.6. The molecule has 30 heteroatoms. The van der Waals surface area contributed by atoms with Gasteiger partial charge in [-0.3, -0.25) is 57.7 Å². The number of carbonyl (C=O) groups is 12. The number of aliphatic hydroxyl groups excluding tert-OH is 2. The molecule has 1 fully saturated rings. The Morgan fingerprint density at radius 1 is 0.604 bits per heavy atom. The minimum atomic E-state index is -1.82. The maximum atomic E-state index is 14.4. The third-order valence-corrected chi connectivity index (χ3v) is 16.2. The van der Waals surface area contributed by atoms with Crippen LogP contribution in [0.25, 0.3) is 0 Å². The van der Waals surface area contributed by atoms with E-state index in [0.29, 0.717) is 25.2 Å². The average molecular weight is 1290 g/mol. The van der Waals surface area contributed by atoms with Crippen LogP contribution in [0.15, 0.2) is 35.3 Å². The van der Waals surface area contributed by atoms with Crippen LogP contribution < -0.4 is 64.2 Å². The number of primary amides is 1. The molecule has 1 saturated heterocycles. The highest BCUT2D eigenvalue weighted by Crippen LogP contribution is 2.17. The van der Waals surface area contributed by atoms with E-state index in [2.05, 4.69) is 63.5 Å². The molecule has 1 heterocycles. The zero-order chi connectivity index (χ0) is 69.0. The van der Waals surface area contributed by atoms with E-state index < -0.39 is 193 Å². The number of guanidine groups is 1. The second kappa shape index (κ2) is 39.3. The molecule has 1 aromatic carbocycles. The fourth-order valence-corrected chi connectivity index (χ4v) is 9.58. The molecule has 91 heavy (non-hydrogen) atoms. The van der Waals surface area contributed by atoms with Gasteiger partial charge in [-0.25, -0.2) is 4.79 Å². The van der Waals surface area contributed by atoms with Gasteiger partial charge in [0.25, 0.3) is 0 Å². The van der Waals surface area contributed by atoms with E-state index in [4.69, 9.17) is 10.5 Å². The SMILES string of the molecule is CC[C@H](C)[C@H](NC(=O)[C@@H](Cc1ccccc1)NC)C(=O)N[C@@H](CO)C(=O)N[C@H](CCC(N)=O)C(=O)N[C@@H](C(=O)N[C@H](C(=O)N[C@@H](CO)C(=O)N[C@H]1C(=O)N[C@@H](C)C(=O)N[C@@H](CCN=C(N(C)C)N(C)C)C(=O)N[C@@H]([C@@H](C)CC)C(=O)O[C@H]1C)[C@@H](C)CC)[C@@H](C)CC.